The fraction of sp³-hybridized carbons (Fsp3) is 0.286. The molecule has 1 amide bonds. The van der Waals surface area contributed by atoms with E-state index in [0.29, 0.717) is 18.9 Å². The summed E-state index contributed by atoms with van der Waals surface area (Å²) in [4.78, 5) is 17.6. The first-order valence-electron chi connectivity index (χ1n) is 11.4. The lowest BCUT2D eigenvalue weighted by Crippen LogP contribution is -2.30. The number of aromatic nitrogens is 2. The number of benzene rings is 3. The number of nitrogens with zero attached hydrogens (tertiary/aromatic N) is 2. The monoisotopic (exact) mass is 441 g/mol. The summed E-state index contributed by atoms with van der Waals surface area (Å²) < 4.78 is 7.40. The number of carbonyl (C=O) groups excluding carboxylic acids is 1. The van der Waals surface area contributed by atoms with Gasteiger partial charge in [-0.05, 0) is 53.8 Å². The number of amides is 1. The lowest BCUT2D eigenvalue weighted by atomic mass is 10.0. The Bertz CT molecular complexity index is 1220. The first-order valence-corrected chi connectivity index (χ1v) is 11.4. The highest BCUT2D eigenvalue weighted by Gasteiger charge is 2.19. The number of para-hydroxylation sites is 2. The van der Waals surface area contributed by atoms with Crippen LogP contribution in [-0.4, -0.2) is 22.6 Å². The highest BCUT2D eigenvalue weighted by molar-refractivity contribution is 5.80. The maximum absolute atomic E-state index is 12.8. The van der Waals surface area contributed by atoms with Gasteiger partial charge in [-0.3, -0.25) is 4.79 Å². The van der Waals surface area contributed by atoms with E-state index >= 15 is 0 Å². The summed E-state index contributed by atoms with van der Waals surface area (Å²) in [6.07, 6.45) is 0.311. The number of carbonyl (C=O) groups is 1. The van der Waals surface area contributed by atoms with Gasteiger partial charge >= 0.3 is 0 Å². The molecule has 1 unspecified atom stereocenters. The van der Waals surface area contributed by atoms with Crippen LogP contribution in [0.25, 0.3) is 11.0 Å². The molecule has 0 fully saturated rings. The van der Waals surface area contributed by atoms with Gasteiger partial charge in [0.05, 0.1) is 30.6 Å². The Labute approximate surface area is 195 Å². The second-order valence-electron chi connectivity index (χ2n) is 8.76. The first-order chi connectivity index (χ1) is 15.9. The molecule has 0 aliphatic carbocycles. The summed E-state index contributed by atoms with van der Waals surface area (Å²) >= 11 is 0. The van der Waals surface area contributed by atoms with Gasteiger partial charge in [0.15, 0.2) is 0 Å². The van der Waals surface area contributed by atoms with Crippen molar-refractivity contribution in [2.24, 2.45) is 0 Å². The Morgan fingerprint density at radius 1 is 0.939 bits per heavy atom. The number of imidazole rings is 1. The number of rotatable bonds is 8. The molecule has 33 heavy (non-hydrogen) atoms. The van der Waals surface area contributed by atoms with E-state index in [1.807, 2.05) is 49.4 Å². The number of hydrogen-bond donors (Lipinski definition) is 1. The van der Waals surface area contributed by atoms with Crippen molar-refractivity contribution in [1.82, 2.24) is 14.9 Å². The molecule has 4 aromatic rings. The van der Waals surface area contributed by atoms with Crippen LogP contribution in [0.2, 0.25) is 0 Å². The third-order valence-corrected chi connectivity index (χ3v) is 5.96. The Morgan fingerprint density at radius 2 is 1.61 bits per heavy atom. The molecule has 1 heterocycles. The van der Waals surface area contributed by atoms with Crippen LogP contribution in [0.1, 0.15) is 55.2 Å². The highest BCUT2D eigenvalue weighted by Crippen LogP contribution is 2.23. The van der Waals surface area contributed by atoms with Gasteiger partial charge in [0.25, 0.3) is 0 Å². The molecule has 5 heteroatoms. The zero-order valence-electron chi connectivity index (χ0n) is 19.7. The largest absolute Gasteiger partial charge is 0.497 e. The lowest BCUT2D eigenvalue weighted by molar-refractivity contribution is -0.121. The van der Waals surface area contributed by atoms with Gasteiger partial charge in [-0.25, -0.2) is 4.98 Å². The van der Waals surface area contributed by atoms with Crippen LogP contribution < -0.4 is 10.1 Å². The molecule has 1 N–H and O–H groups in total. The molecule has 0 aliphatic heterocycles. The molecule has 1 aromatic heterocycles. The van der Waals surface area contributed by atoms with Gasteiger partial charge in [-0.1, -0.05) is 62.4 Å². The zero-order chi connectivity index (χ0) is 23.4. The third-order valence-electron chi connectivity index (χ3n) is 5.96. The van der Waals surface area contributed by atoms with E-state index in [1.54, 1.807) is 7.11 Å². The number of nitrogens with one attached hydrogen (secondary N) is 1. The van der Waals surface area contributed by atoms with Crippen molar-refractivity contribution in [3.05, 3.63) is 95.3 Å². The van der Waals surface area contributed by atoms with Crippen molar-refractivity contribution >= 4 is 16.9 Å². The molecule has 4 rings (SSSR count). The van der Waals surface area contributed by atoms with Crippen molar-refractivity contribution < 1.29 is 9.53 Å². The van der Waals surface area contributed by atoms with Crippen LogP contribution in [0.4, 0.5) is 0 Å². The molecule has 3 aromatic carbocycles. The first kappa shape index (κ1) is 22.6. The van der Waals surface area contributed by atoms with E-state index in [4.69, 9.17) is 9.72 Å². The average Bonchev–Trinajstić information content (AvgIpc) is 3.18. The van der Waals surface area contributed by atoms with Crippen LogP contribution in [0.3, 0.4) is 0 Å². The third kappa shape index (κ3) is 5.25. The zero-order valence-corrected chi connectivity index (χ0v) is 19.7. The molecule has 0 spiro atoms. The minimum Gasteiger partial charge on any atom is -0.497 e. The summed E-state index contributed by atoms with van der Waals surface area (Å²) in [7, 11) is 1.63. The van der Waals surface area contributed by atoms with Gasteiger partial charge in [0.1, 0.15) is 11.6 Å². The van der Waals surface area contributed by atoms with Crippen molar-refractivity contribution in [2.75, 3.05) is 7.11 Å². The molecule has 1 atom stereocenters. The lowest BCUT2D eigenvalue weighted by Gasteiger charge is -2.17. The molecule has 0 saturated carbocycles. The Kier molecular flexibility index (Phi) is 6.78. The predicted molar refractivity (Wildman–Crippen MR) is 133 cm³/mol. The maximum atomic E-state index is 12.8. The summed E-state index contributed by atoms with van der Waals surface area (Å²) in [6.45, 7) is 7.10. The van der Waals surface area contributed by atoms with Gasteiger partial charge in [-0.15, -0.1) is 0 Å². The minimum atomic E-state index is -0.224. The van der Waals surface area contributed by atoms with Gasteiger partial charge in [-0.2, -0.15) is 0 Å². The summed E-state index contributed by atoms with van der Waals surface area (Å²) in [6, 6.07) is 24.2. The number of methoxy groups -OCH3 is 1. The predicted octanol–water partition coefficient (Wildman–Crippen LogP) is 5.64. The molecule has 170 valence electrons. The van der Waals surface area contributed by atoms with Gasteiger partial charge < -0.3 is 14.6 Å². The summed E-state index contributed by atoms with van der Waals surface area (Å²) in [5.41, 5.74) is 5.48. The SMILES string of the molecule is COc1ccc(CC(=O)NC(C)c2nc3ccccc3n2Cc2ccc(C(C)C)cc2)cc1. The van der Waals surface area contributed by atoms with Crippen LogP contribution >= 0.6 is 0 Å². The standard InChI is InChI=1S/C28H31N3O2/c1-19(2)23-13-9-22(10-14-23)18-31-26-8-6-5-7-25(26)30-28(31)20(3)29-27(32)17-21-11-15-24(33-4)16-12-21/h5-16,19-20H,17-18H2,1-4H3,(H,29,32). The van der Waals surface area contributed by atoms with E-state index < -0.39 is 0 Å². The Hall–Kier alpha value is -3.60. The van der Waals surface area contributed by atoms with Crippen molar-refractivity contribution in [2.45, 2.75) is 45.7 Å². The fourth-order valence-corrected chi connectivity index (χ4v) is 4.07. The molecule has 0 radical (unpaired) electrons. The second-order valence-corrected chi connectivity index (χ2v) is 8.76. The van der Waals surface area contributed by atoms with Gasteiger partial charge in [0, 0.05) is 6.54 Å². The van der Waals surface area contributed by atoms with Gasteiger partial charge in [0.2, 0.25) is 5.91 Å². The van der Waals surface area contributed by atoms with E-state index in [9.17, 15) is 4.79 Å². The number of ether oxygens (including phenoxy) is 1. The molecular formula is C28H31N3O2. The maximum Gasteiger partial charge on any atom is 0.224 e. The van der Waals surface area contributed by atoms with E-state index in [0.717, 1.165) is 28.2 Å². The van der Waals surface area contributed by atoms with Crippen LogP contribution in [0.5, 0.6) is 5.75 Å². The van der Waals surface area contributed by atoms with Crippen LogP contribution in [-0.2, 0) is 17.8 Å². The number of fused-ring (bicyclic) bond motifs is 1. The van der Waals surface area contributed by atoms with E-state index in [1.165, 1.54) is 11.1 Å². The van der Waals surface area contributed by atoms with E-state index in [2.05, 4.69) is 54.1 Å². The van der Waals surface area contributed by atoms with Crippen LogP contribution in [0.15, 0.2) is 72.8 Å². The topological polar surface area (TPSA) is 56.1 Å². The molecule has 0 saturated heterocycles. The second kappa shape index (κ2) is 9.90. The average molecular weight is 442 g/mol. The quantitative estimate of drug-likeness (QED) is 0.385. The Balaban J connectivity index is 1.55. The molecule has 0 aliphatic rings. The van der Waals surface area contributed by atoms with Crippen molar-refractivity contribution in [3.8, 4) is 5.75 Å². The molecule has 0 bridgehead atoms. The van der Waals surface area contributed by atoms with Crippen LogP contribution in [0, 0.1) is 0 Å². The Morgan fingerprint density at radius 3 is 2.27 bits per heavy atom. The fourth-order valence-electron chi connectivity index (χ4n) is 4.07. The minimum absolute atomic E-state index is 0.0347. The molecular weight excluding hydrogens is 410 g/mol. The molecule has 5 nitrogen and oxygen atoms in total. The van der Waals surface area contributed by atoms with Crippen molar-refractivity contribution in [1.29, 1.82) is 0 Å². The number of hydrogen-bond acceptors (Lipinski definition) is 3. The summed E-state index contributed by atoms with van der Waals surface area (Å²) in [5.74, 6) is 2.10. The van der Waals surface area contributed by atoms with Crippen molar-refractivity contribution in [3.63, 3.8) is 0 Å². The van der Waals surface area contributed by atoms with E-state index in [-0.39, 0.29) is 11.9 Å². The summed E-state index contributed by atoms with van der Waals surface area (Å²) in [5, 5.41) is 3.13. The smallest absolute Gasteiger partial charge is 0.224 e. The normalized spacial score (nSPS) is 12.2. The highest BCUT2D eigenvalue weighted by atomic mass is 16.5.